The van der Waals surface area contributed by atoms with Crippen LogP contribution in [0.1, 0.15) is 13.3 Å². The van der Waals surface area contributed by atoms with Crippen LogP contribution >= 0.6 is 23.2 Å². The van der Waals surface area contributed by atoms with Gasteiger partial charge in [-0.05, 0) is 24.6 Å². The molecule has 1 aromatic carbocycles. The van der Waals surface area contributed by atoms with Gasteiger partial charge in [0.25, 0.3) is 0 Å². The molecule has 1 N–H and O–H groups in total. The quantitative estimate of drug-likeness (QED) is 0.844. The van der Waals surface area contributed by atoms with Gasteiger partial charge >= 0.3 is 0 Å². The second kappa shape index (κ2) is 6.82. The maximum Gasteiger partial charge on any atom is 0.154 e. The van der Waals surface area contributed by atoms with Crippen LogP contribution in [0.3, 0.4) is 0 Å². The molecule has 106 valence electrons. The van der Waals surface area contributed by atoms with Crippen molar-refractivity contribution in [3.63, 3.8) is 0 Å². The number of halogens is 2. The number of para-hydroxylation sites is 1. The van der Waals surface area contributed by atoms with Crippen LogP contribution in [0.25, 0.3) is 0 Å². The first kappa shape index (κ1) is 14.9. The highest BCUT2D eigenvalue weighted by molar-refractivity contribution is 6.37. The lowest BCUT2D eigenvalue weighted by Crippen LogP contribution is -2.13. The summed E-state index contributed by atoms with van der Waals surface area (Å²) in [5.41, 5.74) is 1.02. The van der Waals surface area contributed by atoms with E-state index in [0.29, 0.717) is 21.7 Å². The van der Waals surface area contributed by atoms with Crippen molar-refractivity contribution in [3.05, 3.63) is 46.4 Å². The minimum Gasteiger partial charge on any atom is -0.369 e. The molecule has 0 radical (unpaired) electrons. The van der Waals surface area contributed by atoms with E-state index in [-0.39, 0.29) is 0 Å². The molecule has 0 aliphatic heterocycles. The summed E-state index contributed by atoms with van der Waals surface area (Å²) in [6.07, 6.45) is 1.00. The van der Waals surface area contributed by atoms with E-state index >= 15 is 0 Å². The monoisotopic (exact) mass is 309 g/mol. The first-order valence-corrected chi connectivity index (χ1v) is 7.27. The Balaban J connectivity index is 2.35. The van der Waals surface area contributed by atoms with E-state index in [1.807, 2.05) is 42.3 Å². The maximum atomic E-state index is 6.26. The molecule has 5 heteroatoms. The summed E-state index contributed by atoms with van der Waals surface area (Å²) in [6.45, 7) is 2.91. The summed E-state index contributed by atoms with van der Waals surface area (Å²) in [5.74, 6) is 1.34. The molecule has 0 saturated carbocycles. The predicted octanol–water partition coefficient (Wildman–Crippen LogP) is 4.98. The minimum atomic E-state index is 0.531. The van der Waals surface area contributed by atoms with Crippen LogP contribution in [0, 0.1) is 0 Å². The number of aromatic nitrogens is 1. The van der Waals surface area contributed by atoms with Crippen LogP contribution in [-0.4, -0.2) is 18.6 Å². The molecule has 0 aliphatic rings. The fourth-order valence-corrected chi connectivity index (χ4v) is 2.39. The van der Waals surface area contributed by atoms with Crippen LogP contribution in [-0.2, 0) is 0 Å². The van der Waals surface area contributed by atoms with Gasteiger partial charge in [0.15, 0.2) is 5.82 Å². The zero-order valence-electron chi connectivity index (χ0n) is 11.5. The van der Waals surface area contributed by atoms with E-state index in [0.717, 1.165) is 18.7 Å². The van der Waals surface area contributed by atoms with E-state index in [9.17, 15) is 0 Å². The number of anilines is 3. The highest BCUT2D eigenvalue weighted by Gasteiger charge is 2.13. The van der Waals surface area contributed by atoms with E-state index in [2.05, 4.69) is 17.2 Å². The Hall–Kier alpha value is -1.45. The van der Waals surface area contributed by atoms with E-state index < -0.39 is 0 Å². The van der Waals surface area contributed by atoms with Gasteiger partial charge < -0.3 is 10.2 Å². The average Bonchev–Trinajstić information content (AvgIpc) is 2.47. The van der Waals surface area contributed by atoms with Crippen molar-refractivity contribution in [2.24, 2.45) is 0 Å². The summed E-state index contributed by atoms with van der Waals surface area (Å²) in [5, 5.41) is 4.27. The third-order valence-corrected chi connectivity index (χ3v) is 3.48. The third-order valence-electron chi connectivity index (χ3n) is 2.91. The molecule has 0 fully saturated rings. The predicted molar refractivity (Wildman–Crippen MR) is 87.5 cm³/mol. The van der Waals surface area contributed by atoms with Crippen LogP contribution in [0.5, 0.6) is 0 Å². The van der Waals surface area contributed by atoms with Gasteiger partial charge in [0, 0.05) is 19.3 Å². The van der Waals surface area contributed by atoms with Gasteiger partial charge in [-0.25, -0.2) is 4.98 Å². The maximum absolute atomic E-state index is 6.26. The smallest absolute Gasteiger partial charge is 0.154 e. The Morgan fingerprint density at radius 3 is 2.50 bits per heavy atom. The van der Waals surface area contributed by atoms with Crippen LogP contribution in [0.15, 0.2) is 36.4 Å². The topological polar surface area (TPSA) is 28.2 Å². The van der Waals surface area contributed by atoms with E-state index in [1.165, 1.54) is 0 Å². The number of hydrogen-bond donors (Lipinski definition) is 1. The lowest BCUT2D eigenvalue weighted by molar-refractivity contribution is 0.967. The number of nitrogens with one attached hydrogen (secondary N) is 1. The summed E-state index contributed by atoms with van der Waals surface area (Å²) >= 11 is 12.4. The molecular weight excluding hydrogens is 293 g/mol. The van der Waals surface area contributed by atoms with Crippen LogP contribution in [0.4, 0.5) is 17.3 Å². The molecule has 1 heterocycles. The van der Waals surface area contributed by atoms with Crippen molar-refractivity contribution < 1.29 is 0 Å². The Bertz CT molecular complexity index is 573. The van der Waals surface area contributed by atoms with Crippen LogP contribution < -0.4 is 10.2 Å². The molecular formula is C15H17Cl2N3. The van der Waals surface area contributed by atoms with Gasteiger partial charge in [0.1, 0.15) is 5.82 Å². The van der Waals surface area contributed by atoms with Gasteiger partial charge in [-0.15, -0.1) is 0 Å². The van der Waals surface area contributed by atoms with Crippen molar-refractivity contribution in [2.75, 3.05) is 23.8 Å². The molecule has 2 aromatic rings. The van der Waals surface area contributed by atoms with Crippen molar-refractivity contribution in [1.29, 1.82) is 0 Å². The molecule has 0 amide bonds. The highest BCUT2D eigenvalue weighted by atomic mass is 35.5. The van der Waals surface area contributed by atoms with Gasteiger partial charge in [0.2, 0.25) is 0 Å². The summed E-state index contributed by atoms with van der Waals surface area (Å²) < 4.78 is 0. The van der Waals surface area contributed by atoms with Crippen LogP contribution in [0.2, 0.25) is 10.0 Å². The summed E-state index contributed by atoms with van der Waals surface area (Å²) in [6, 6.07) is 11.7. The summed E-state index contributed by atoms with van der Waals surface area (Å²) in [7, 11) is 1.93. The lowest BCUT2D eigenvalue weighted by atomic mass is 10.3. The van der Waals surface area contributed by atoms with E-state index in [1.54, 1.807) is 6.07 Å². The van der Waals surface area contributed by atoms with E-state index in [4.69, 9.17) is 23.2 Å². The lowest BCUT2D eigenvalue weighted by Gasteiger charge is -2.21. The molecule has 2 rings (SSSR count). The normalized spacial score (nSPS) is 10.4. The first-order chi connectivity index (χ1) is 9.63. The molecule has 20 heavy (non-hydrogen) atoms. The largest absolute Gasteiger partial charge is 0.369 e. The fraction of sp³-hybridized carbons (Fsp3) is 0.267. The Morgan fingerprint density at radius 2 is 1.85 bits per heavy atom. The Labute approximate surface area is 129 Å². The molecule has 0 spiro atoms. The van der Waals surface area contributed by atoms with Gasteiger partial charge in [-0.3, -0.25) is 0 Å². The SMILES string of the molecule is CCCNc1nc(N(C)c2ccccc2)c(Cl)cc1Cl. The third kappa shape index (κ3) is 3.35. The highest BCUT2D eigenvalue weighted by Crippen LogP contribution is 2.34. The molecule has 0 aliphatic carbocycles. The van der Waals surface area contributed by atoms with Crippen molar-refractivity contribution >= 4 is 40.5 Å². The molecule has 3 nitrogen and oxygen atoms in total. The van der Waals surface area contributed by atoms with Crippen molar-refractivity contribution in [2.45, 2.75) is 13.3 Å². The van der Waals surface area contributed by atoms with Crippen molar-refractivity contribution in [3.8, 4) is 0 Å². The van der Waals surface area contributed by atoms with Gasteiger partial charge in [0.05, 0.1) is 10.0 Å². The molecule has 0 saturated heterocycles. The molecule has 1 aromatic heterocycles. The number of rotatable bonds is 5. The molecule has 0 atom stereocenters. The zero-order valence-corrected chi connectivity index (χ0v) is 13.0. The Morgan fingerprint density at radius 1 is 1.15 bits per heavy atom. The van der Waals surface area contributed by atoms with Crippen molar-refractivity contribution in [1.82, 2.24) is 4.98 Å². The Kier molecular flexibility index (Phi) is 5.10. The number of nitrogens with zero attached hydrogens (tertiary/aromatic N) is 2. The number of hydrogen-bond acceptors (Lipinski definition) is 3. The van der Waals surface area contributed by atoms with Gasteiger partial charge in [-0.1, -0.05) is 48.3 Å². The summed E-state index contributed by atoms with van der Waals surface area (Å²) in [4.78, 5) is 6.48. The standard InChI is InChI=1S/C15H17Cl2N3/c1-3-9-18-14-12(16)10-13(17)15(19-14)20(2)11-7-5-4-6-8-11/h4-8,10H,3,9H2,1-2H3,(H,18,19). The fourth-order valence-electron chi connectivity index (χ4n) is 1.83. The number of benzene rings is 1. The second-order valence-corrected chi connectivity index (χ2v) is 5.26. The second-order valence-electron chi connectivity index (χ2n) is 4.45. The number of pyridine rings is 1. The molecule has 0 bridgehead atoms. The first-order valence-electron chi connectivity index (χ1n) is 6.52. The average molecular weight is 310 g/mol. The zero-order chi connectivity index (χ0) is 14.5. The minimum absolute atomic E-state index is 0.531. The molecule has 0 unspecified atom stereocenters. The van der Waals surface area contributed by atoms with Gasteiger partial charge in [-0.2, -0.15) is 0 Å².